The Labute approximate surface area is 156 Å². The molecule has 1 aliphatic heterocycles. The zero-order chi connectivity index (χ0) is 18.1. The molecule has 1 atom stereocenters. The third-order valence-corrected chi connectivity index (χ3v) is 6.06. The Hall–Kier alpha value is -0.950. The average Bonchev–Trinajstić information content (AvgIpc) is 2.61. The molecule has 2 fully saturated rings. The second kappa shape index (κ2) is 10.9. The Balaban J connectivity index is 1.71. The molecular weight excluding hydrogens is 336 g/mol. The van der Waals surface area contributed by atoms with Crippen LogP contribution in [0.1, 0.15) is 51.4 Å². The van der Waals surface area contributed by atoms with Crippen LogP contribution in [-0.2, 0) is 4.79 Å². The number of nitrogens with one attached hydrogen (secondary N) is 2. The van der Waals surface area contributed by atoms with E-state index >= 15 is 0 Å². The van der Waals surface area contributed by atoms with E-state index in [1.807, 2.05) is 6.26 Å². The third kappa shape index (κ3) is 7.44. The molecule has 1 heterocycles. The largest absolute Gasteiger partial charge is 0.352 e. The predicted molar refractivity (Wildman–Crippen MR) is 104 cm³/mol. The first-order valence-corrected chi connectivity index (χ1v) is 11.1. The molecule has 3 amide bonds. The molecule has 2 aliphatic rings. The highest BCUT2D eigenvalue weighted by Crippen LogP contribution is 2.25. The zero-order valence-corrected chi connectivity index (χ0v) is 16.3. The molecule has 4 N–H and O–H groups in total. The van der Waals surface area contributed by atoms with Crippen LogP contribution in [0.25, 0.3) is 0 Å². The van der Waals surface area contributed by atoms with Crippen molar-refractivity contribution in [3.05, 3.63) is 0 Å². The first kappa shape index (κ1) is 20.4. The molecule has 0 bridgehead atoms. The van der Waals surface area contributed by atoms with Crippen molar-refractivity contribution in [3.8, 4) is 0 Å². The summed E-state index contributed by atoms with van der Waals surface area (Å²) in [6.45, 7) is 3.33. The molecule has 0 aromatic rings. The lowest BCUT2D eigenvalue weighted by atomic mass is 9.88. The van der Waals surface area contributed by atoms with Gasteiger partial charge in [-0.25, -0.2) is 4.79 Å². The number of hydrogen-bond acceptors (Lipinski definition) is 4. The smallest absolute Gasteiger partial charge is 0.312 e. The highest BCUT2D eigenvalue weighted by molar-refractivity contribution is 7.98. The summed E-state index contributed by atoms with van der Waals surface area (Å²) in [6.07, 6.45) is 11.5. The van der Waals surface area contributed by atoms with E-state index in [0.29, 0.717) is 6.42 Å². The van der Waals surface area contributed by atoms with Gasteiger partial charge >= 0.3 is 6.03 Å². The van der Waals surface area contributed by atoms with Gasteiger partial charge in [-0.05, 0) is 50.0 Å². The minimum absolute atomic E-state index is 0.0985. The maximum Gasteiger partial charge on any atom is 0.312 e. The Kier molecular flexibility index (Phi) is 8.89. The minimum atomic E-state index is -0.636. The Bertz CT molecular complexity index is 421. The summed E-state index contributed by atoms with van der Waals surface area (Å²) in [6, 6.07) is -0.949. The highest BCUT2D eigenvalue weighted by atomic mass is 32.2. The van der Waals surface area contributed by atoms with E-state index < -0.39 is 12.1 Å². The first-order valence-electron chi connectivity index (χ1n) is 9.66. The molecule has 0 radical (unpaired) electrons. The maximum absolute atomic E-state index is 12.4. The molecule has 0 aromatic heterocycles. The number of carbonyl (C=O) groups excluding carboxylic acids is 2. The van der Waals surface area contributed by atoms with E-state index in [9.17, 15) is 9.59 Å². The molecule has 0 aromatic carbocycles. The standard InChI is InChI=1S/C18H34N4O2S/c1-25-12-9-16(21-18(19)24)17(23)20-15-7-10-22(11-8-15)13-14-5-3-2-4-6-14/h14-16H,2-13H2,1H3,(H,20,23)(H3,19,21,24). The Morgan fingerprint density at radius 1 is 1.16 bits per heavy atom. The van der Waals surface area contributed by atoms with Crippen molar-refractivity contribution in [3.63, 3.8) is 0 Å². The maximum atomic E-state index is 12.4. The number of likely N-dealkylation sites (tertiary alicyclic amines) is 1. The molecule has 1 unspecified atom stereocenters. The number of hydrogen-bond donors (Lipinski definition) is 3. The van der Waals surface area contributed by atoms with Gasteiger partial charge in [0.1, 0.15) is 6.04 Å². The lowest BCUT2D eigenvalue weighted by molar-refractivity contribution is -0.124. The number of nitrogens with zero attached hydrogens (tertiary/aromatic N) is 1. The molecular formula is C18H34N4O2S. The molecule has 6 nitrogen and oxygen atoms in total. The number of amides is 3. The SMILES string of the molecule is CSCCC(NC(N)=O)C(=O)NC1CCN(CC2CCCCC2)CC1. The first-order chi connectivity index (χ1) is 12.1. The zero-order valence-electron chi connectivity index (χ0n) is 15.5. The van der Waals surface area contributed by atoms with Crippen molar-refractivity contribution < 1.29 is 9.59 Å². The molecule has 25 heavy (non-hydrogen) atoms. The minimum Gasteiger partial charge on any atom is -0.352 e. The van der Waals surface area contributed by atoms with Gasteiger partial charge in [-0.1, -0.05) is 19.3 Å². The quantitative estimate of drug-likeness (QED) is 0.609. The molecule has 144 valence electrons. The van der Waals surface area contributed by atoms with Crippen LogP contribution in [-0.4, -0.2) is 60.6 Å². The Morgan fingerprint density at radius 2 is 1.84 bits per heavy atom. The van der Waals surface area contributed by atoms with Gasteiger partial charge in [0.25, 0.3) is 0 Å². The van der Waals surface area contributed by atoms with Crippen LogP contribution in [0.3, 0.4) is 0 Å². The number of thioether (sulfide) groups is 1. The van der Waals surface area contributed by atoms with Crippen LogP contribution in [0.4, 0.5) is 4.79 Å². The fourth-order valence-electron chi connectivity index (χ4n) is 3.97. The van der Waals surface area contributed by atoms with Crippen LogP contribution in [0.2, 0.25) is 0 Å². The number of nitrogens with two attached hydrogens (primary N) is 1. The fourth-order valence-corrected chi connectivity index (χ4v) is 4.44. The summed E-state index contributed by atoms with van der Waals surface area (Å²) >= 11 is 1.66. The number of carbonyl (C=O) groups is 2. The summed E-state index contributed by atoms with van der Waals surface area (Å²) in [5.41, 5.74) is 5.20. The Morgan fingerprint density at radius 3 is 2.44 bits per heavy atom. The summed E-state index contributed by atoms with van der Waals surface area (Å²) < 4.78 is 0. The predicted octanol–water partition coefficient (Wildman–Crippen LogP) is 1.94. The summed E-state index contributed by atoms with van der Waals surface area (Å²) in [7, 11) is 0. The van der Waals surface area contributed by atoms with Gasteiger partial charge in [0, 0.05) is 25.7 Å². The molecule has 1 saturated carbocycles. The summed E-state index contributed by atoms with van der Waals surface area (Å²) in [5, 5.41) is 5.68. The second-order valence-electron chi connectivity index (χ2n) is 7.43. The van der Waals surface area contributed by atoms with Crippen molar-refractivity contribution >= 4 is 23.7 Å². The fraction of sp³-hybridized carbons (Fsp3) is 0.889. The van der Waals surface area contributed by atoms with Gasteiger partial charge in [0.15, 0.2) is 0 Å². The van der Waals surface area contributed by atoms with Gasteiger partial charge in [-0.2, -0.15) is 11.8 Å². The lowest BCUT2D eigenvalue weighted by Crippen LogP contribution is -2.53. The van der Waals surface area contributed by atoms with Gasteiger partial charge in [-0.15, -0.1) is 0 Å². The number of rotatable bonds is 8. The molecule has 0 spiro atoms. The van der Waals surface area contributed by atoms with Gasteiger partial charge in [-0.3, -0.25) is 4.79 Å². The highest BCUT2D eigenvalue weighted by Gasteiger charge is 2.26. The van der Waals surface area contributed by atoms with E-state index in [1.54, 1.807) is 11.8 Å². The van der Waals surface area contributed by atoms with E-state index in [-0.39, 0.29) is 11.9 Å². The summed E-state index contributed by atoms with van der Waals surface area (Å²) in [4.78, 5) is 26.1. The summed E-state index contributed by atoms with van der Waals surface area (Å²) in [5.74, 6) is 1.59. The van der Waals surface area contributed by atoms with E-state index in [2.05, 4.69) is 15.5 Å². The van der Waals surface area contributed by atoms with Crippen molar-refractivity contribution in [2.75, 3.05) is 31.6 Å². The third-order valence-electron chi connectivity index (χ3n) is 5.42. The molecule has 1 saturated heterocycles. The monoisotopic (exact) mass is 370 g/mol. The van der Waals surface area contributed by atoms with Crippen LogP contribution >= 0.6 is 11.8 Å². The van der Waals surface area contributed by atoms with Crippen LogP contribution in [0.15, 0.2) is 0 Å². The average molecular weight is 371 g/mol. The van der Waals surface area contributed by atoms with Crippen molar-refractivity contribution in [1.82, 2.24) is 15.5 Å². The number of piperidine rings is 1. The van der Waals surface area contributed by atoms with Gasteiger partial charge in [0.2, 0.25) is 5.91 Å². The topological polar surface area (TPSA) is 87.5 Å². The van der Waals surface area contributed by atoms with Crippen molar-refractivity contribution in [2.45, 2.75) is 63.5 Å². The van der Waals surface area contributed by atoms with Gasteiger partial charge < -0.3 is 21.3 Å². The molecule has 2 rings (SSSR count). The van der Waals surface area contributed by atoms with Crippen LogP contribution < -0.4 is 16.4 Å². The van der Waals surface area contributed by atoms with Crippen LogP contribution in [0.5, 0.6) is 0 Å². The number of primary amides is 1. The lowest BCUT2D eigenvalue weighted by Gasteiger charge is -2.36. The molecule has 1 aliphatic carbocycles. The van der Waals surface area contributed by atoms with Crippen LogP contribution in [0, 0.1) is 5.92 Å². The number of urea groups is 1. The van der Waals surface area contributed by atoms with Crippen molar-refractivity contribution in [1.29, 1.82) is 0 Å². The van der Waals surface area contributed by atoms with E-state index in [4.69, 9.17) is 5.73 Å². The normalized spacial score (nSPS) is 21.6. The molecule has 7 heteroatoms. The van der Waals surface area contributed by atoms with E-state index in [1.165, 1.54) is 38.6 Å². The second-order valence-corrected chi connectivity index (χ2v) is 8.42. The van der Waals surface area contributed by atoms with Gasteiger partial charge in [0.05, 0.1) is 0 Å². The van der Waals surface area contributed by atoms with E-state index in [0.717, 1.165) is 37.6 Å². The van der Waals surface area contributed by atoms with Crippen molar-refractivity contribution in [2.24, 2.45) is 11.7 Å².